The Morgan fingerprint density at radius 3 is 2.71 bits per heavy atom. The second kappa shape index (κ2) is 8.69. The quantitative estimate of drug-likeness (QED) is 0.488. The number of nitrogens with zero attached hydrogens (tertiary/aromatic N) is 6. The van der Waals surface area contributed by atoms with Crippen molar-refractivity contribution in [3.8, 4) is 0 Å². The van der Waals surface area contributed by atoms with Gasteiger partial charge in [0, 0.05) is 0 Å². The van der Waals surface area contributed by atoms with Gasteiger partial charge >= 0.3 is 5.91 Å². The molecule has 0 saturated heterocycles. The summed E-state index contributed by atoms with van der Waals surface area (Å²) in [6.07, 6.45) is 4.07. The van der Waals surface area contributed by atoms with Gasteiger partial charge in [-0.15, -0.1) is 5.10 Å². The number of aromatic amines is 1. The summed E-state index contributed by atoms with van der Waals surface area (Å²) in [6, 6.07) is 13.7. The number of carbonyl (C=O) groups excluding carboxylic acids is 1. The Kier molecular flexibility index (Phi) is 5.53. The molecule has 10 nitrogen and oxygen atoms in total. The van der Waals surface area contributed by atoms with Gasteiger partial charge < -0.3 is 5.11 Å². The van der Waals surface area contributed by atoms with Gasteiger partial charge in [-0.2, -0.15) is 15.2 Å². The lowest BCUT2D eigenvalue weighted by atomic mass is 9.80. The molecule has 3 aromatic rings. The number of hydrogen-bond acceptors (Lipinski definition) is 8. The van der Waals surface area contributed by atoms with Crippen LogP contribution in [0.3, 0.4) is 0 Å². The molecule has 176 valence electrons. The molecule has 11 heteroatoms. The van der Waals surface area contributed by atoms with Crippen LogP contribution < -0.4 is 10.4 Å². The normalized spacial score (nSPS) is 23.0. The molecule has 5 rings (SSSR count). The number of aliphatic hydroxyl groups excluding tert-OH is 1. The highest BCUT2D eigenvalue weighted by Gasteiger charge is 2.45. The Morgan fingerprint density at radius 2 is 2.00 bits per heavy atom. The summed E-state index contributed by atoms with van der Waals surface area (Å²) >= 11 is 0. The smallest absolute Gasteiger partial charge is 0.301 e. The molecule has 0 saturated carbocycles. The number of rotatable bonds is 5. The van der Waals surface area contributed by atoms with Crippen molar-refractivity contribution in [2.45, 2.75) is 25.5 Å². The standard InChI is InChI=1S/C24H21FN8O2/c1-14-13-17(10-11-19(14)25)33-22(35)20(15(2)29-33)26-30-24(23-27-31-32-28-23)12-6-9-18(21(24)34)16-7-4-3-5-8-16/h3-13,21,30,34H,1-2H3,(H,27,28,31,32)/b26-20-. The molecule has 0 fully saturated rings. The van der Waals surface area contributed by atoms with E-state index in [1.807, 2.05) is 30.3 Å². The molecule has 0 bridgehead atoms. The lowest BCUT2D eigenvalue weighted by Crippen LogP contribution is -2.51. The number of aromatic nitrogens is 4. The Balaban J connectivity index is 1.49. The molecule has 1 aliphatic heterocycles. The van der Waals surface area contributed by atoms with E-state index in [4.69, 9.17) is 0 Å². The maximum Gasteiger partial charge on any atom is 0.301 e. The van der Waals surface area contributed by atoms with Gasteiger partial charge in [-0.25, -0.2) is 9.49 Å². The lowest BCUT2D eigenvalue weighted by molar-refractivity contribution is -0.112. The van der Waals surface area contributed by atoms with E-state index in [-0.39, 0.29) is 17.4 Å². The number of allylic oxidation sites excluding steroid dienone is 2. The van der Waals surface area contributed by atoms with Crippen LogP contribution in [0.5, 0.6) is 0 Å². The molecule has 2 unspecified atom stereocenters. The lowest BCUT2D eigenvalue weighted by Gasteiger charge is -2.36. The summed E-state index contributed by atoms with van der Waals surface area (Å²) in [5, 5.41) is 35.3. The summed E-state index contributed by atoms with van der Waals surface area (Å²) < 4.78 is 13.7. The molecule has 2 heterocycles. The second-order valence-corrected chi connectivity index (χ2v) is 8.18. The van der Waals surface area contributed by atoms with E-state index in [1.165, 1.54) is 18.2 Å². The number of halogens is 1. The second-order valence-electron chi connectivity index (χ2n) is 8.18. The Hall–Kier alpha value is -4.51. The monoisotopic (exact) mass is 472 g/mol. The van der Waals surface area contributed by atoms with Gasteiger partial charge in [0.05, 0.1) is 11.4 Å². The summed E-state index contributed by atoms with van der Waals surface area (Å²) in [6.45, 7) is 3.25. The number of H-pyrrole nitrogens is 1. The van der Waals surface area contributed by atoms with Crippen LogP contribution in [0.4, 0.5) is 10.1 Å². The molecule has 1 amide bonds. The molecule has 35 heavy (non-hydrogen) atoms. The maximum atomic E-state index is 13.7. The van der Waals surface area contributed by atoms with Gasteiger partial charge in [-0.1, -0.05) is 42.5 Å². The van der Waals surface area contributed by atoms with Gasteiger partial charge in [0.25, 0.3) is 0 Å². The van der Waals surface area contributed by atoms with Crippen molar-refractivity contribution in [3.63, 3.8) is 0 Å². The molecule has 0 spiro atoms. The van der Waals surface area contributed by atoms with Crippen LogP contribution in [-0.4, -0.2) is 49.2 Å². The summed E-state index contributed by atoms with van der Waals surface area (Å²) in [5.41, 5.74) is 4.15. The molecule has 1 aliphatic carbocycles. The number of hydrazone groups is 2. The Bertz CT molecular complexity index is 1400. The minimum atomic E-state index is -1.39. The first kappa shape index (κ1) is 22.3. The first-order chi connectivity index (χ1) is 16.9. The molecule has 0 radical (unpaired) electrons. The number of anilines is 1. The first-order valence-corrected chi connectivity index (χ1v) is 10.8. The summed E-state index contributed by atoms with van der Waals surface area (Å²) in [5.74, 6) is -0.669. The third-order valence-corrected chi connectivity index (χ3v) is 5.93. The number of aryl methyl sites for hydroxylation is 1. The van der Waals surface area contributed by atoms with Crippen LogP contribution >= 0.6 is 0 Å². The Morgan fingerprint density at radius 1 is 1.20 bits per heavy atom. The fraction of sp³-hybridized carbons (Fsp3) is 0.167. The van der Waals surface area contributed by atoms with Gasteiger partial charge in [0.2, 0.25) is 0 Å². The van der Waals surface area contributed by atoms with Crippen molar-refractivity contribution in [1.82, 2.24) is 26.0 Å². The fourth-order valence-corrected chi connectivity index (χ4v) is 4.02. The molecule has 3 N–H and O–H groups in total. The van der Waals surface area contributed by atoms with Gasteiger partial charge in [-0.05, 0) is 65.2 Å². The van der Waals surface area contributed by atoms with E-state index in [2.05, 4.69) is 36.3 Å². The van der Waals surface area contributed by atoms with Crippen LogP contribution in [0.2, 0.25) is 0 Å². The van der Waals surface area contributed by atoms with E-state index in [0.29, 0.717) is 22.5 Å². The summed E-state index contributed by atoms with van der Waals surface area (Å²) in [7, 11) is 0. The molecule has 2 aliphatic rings. The number of benzene rings is 2. The maximum absolute atomic E-state index is 13.7. The third-order valence-electron chi connectivity index (χ3n) is 5.93. The largest absolute Gasteiger partial charge is 0.385 e. The van der Waals surface area contributed by atoms with Crippen LogP contribution in [-0.2, 0) is 10.3 Å². The van der Waals surface area contributed by atoms with E-state index >= 15 is 0 Å². The number of nitrogens with one attached hydrogen (secondary N) is 2. The van der Waals surface area contributed by atoms with Gasteiger partial charge in [-0.3, -0.25) is 10.2 Å². The molecule has 2 aromatic carbocycles. The first-order valence-electron chi connectivity index (χ1n) is 10.8. The van der Waals surface area contributed by atoms with E-state index in [9.17, 15) is 14.3 Å². The van der Waals surface area contributed by atoms with Crippen molar-refractivity contribution < 1.29 is 14.3 Å². The predicted octanol–water partition coefficient (Wildman–Crippen LogP) is 2.23. The highest BCUT2D eigenvalue weighted by molar-refractivity contribution is 6.71. The molecular weight excluding hydrogens is 451 g/mol. The van der Waals surface area contributed by atoms with Crippen LogP contribution in [0, 0.1) is 12.7 Å². The zero-order chi connectivity index (χ0) is 24.6. The minimum absolute atomic E-state index is 0.0373. The van der Waals surface area contributed by atoms with E-state index in [1.54, 1.807) is 32.1 Å². The SMILES string of the molecule is CC1=NN(c2ccc(F)c(C)c2)C(=O)/C1=N\NC1(c2nnn[nH]2)C=CC=C(c2ccccc2)C1O. The highest BCUT2D eigenvalue weighted by atomic mass is 19.1. The minimum Gasteiger partial charge on any atom is -0.385 e. The number of hydrogen-bond donors (Lipinski definition) is 3. The number of carbonyl (C=O) groups is 1. The van der Waals surface area contributed by atoms with Crippen molar-refractivity contribution in [2.75, 3.05) is 5.01 Å². The zero-order valence-electron chi connectivity index (χ0n) is 18.8. The summed E-state index contributed by atoms with van der Waals surface area (Å²) in [4.78, 5) is 13.2. The number of aliphatic hydroxyl groups is 1. The average molecular weight is 472 g/mol. The number of amides is 1. The van der Waals surface area contributed by atoms with Crippen molar-refractivity contribution in [1.29, 1.82) is 0 Å². The molecule has 1 aromatic heterocycles. The van der Waals surface area contributed by atoms with Crippen LogP contribution in [0.15, 0.2) is 77.0 Å². The van der Waals surface area contributed by atoms with Gasteiger partial charge in [0.1, 0.15) is 11.9 Å². The van der Waals surface area contributed by atoms with Crippen molar-refractivity contribution >= 4 is 28.6 Å². The molecular formula is C24H21FN8O2. The van der Waals surface area contributed by atoms with Crippen molar-refractivity contribution in [2.24, 2.45) is 10.2 Å². The fourth-order valence-electron chi connectivity index (χ4n) is 4.02. The van der Waals surface area contributed by atoms with E-state index < -0.39 is 17.6 Å². The predicted molar refractivity (Wildman–Crippen MR) is 128 cm³/mol. The topological polar surface area (TPSA) is 132 Å². The highest BCUT2D eigenvalue weighted by Crippen LogP contribution is 2.36. The average Bonchev–Trinajstić information content (AvgIpc) is 3.50. The van der Waals surface area contributed by atoms with E-state index in [0.717, 1.165) is 10.6 Å². The van der Waals surface area contributed by atoms with Crippen LogP contribution in [0.1, 0.15) is 23.9 Å². The Labute approximate surface area is 199 Å². The van der Waals surface area contributed by atoms with Crippen LogP contribution in [0.25, 0.3) is 5.57 Å². The zero-order valence-corrected chi connectivity index (χ0v) is 18.8. The molecule has 2 atom stereocenters. The number of tetrazole rings is 1. The third kappa shape index (κ3) is 3.81. The van der Waals surface area contributed by atoms with Crippen molar-refractivity contribution in [3.05, 3.63) is 89.5 Å². The van der Waals surface area contributed by atoms with Gasteiger partial charge in [0.15, 0.2) is 17.1 Å².